The van der Waals surface area contributed by atoms with Crippen molar-refractivity contribution in [2.75, 3.05) is 0 Å². The molecule has 0 unspecified atom stereocenters. The van der Waals surface area contributed by atoms with Crippen LogP contribution in [0.3, 0.4) is 0 Å². The zero-order valence-electron chi connectivity index (χ0n) is 34.2. The minimum atomic E-state index is -0.0998. The van der Waals surface area contributed by atoms with Gasteiger partial charge in [-0.05, 0) is 115 Å². The highest BCUT2D eigenvalue weighted by Gasteiger charge is 2.36. The van der Waals surface area contributed by atoms with Gasteiger partial charge in [0.25, 0.3) is 0 Å². The SMILES string of the molecule is CC1(C)c2ccccc2-c2ccc(-c3ccc4c(-c5ccccc5)cc5c(cc(-c6ccccc6)c6ccc(-c7ccc8c(c7)C(C)(C)c7ccccc7-8)nc65)c4n3)cc21. The van der Waals surface area contributed by atoms with Crippen molar-refractivity contribution in [2.45, 2.75) is 38.5 Å². The Kier molecular flexibility index (Phi) is 7.36. The zero-order valence-corrected chi connectivity index (χ0v) is 34.2. The van der Waals surface area contributed by atoms with Crippen LogP contribution in [-0.4, -0.2) is 9.97 Å². The molecular weight excluding hydrogens is 725 g/mol. The van der Waals surface area contributed by atoms with Crippen LogP contribution in [0.2, 0.25) is 0 Å². The normalized spacial score (nSPS) is 14.3. The summed E-state index contributed by atoms with van der Waals surface area (Å²) in [6.07, 6.45) is 0. The quantitative estimate of drug-likeness (QED) is 0.167. The predicted molar refractivity (Wildman–Crippen MR) is 251 cm³/mol. The molecule has 0 N–H and O–H groups in total. The Hall–Kier alpha value is -7.16. The van der Waals surface area contributed by atoms with Gasteiger partial charge in [-0.3, -0.25) is 0 Å². The third kappa shape index (κ3) is 5.01. The molecule has 60 heavy (non-hydrogen) atoms. The summed E-state index contributed by atoms with van der Waals surface area (Å²) in [5, 5.41) is 4.45. The number of hydrogen-bond acceptors (Lipinski definition) is 2. The summed E-state index contributed by atoms with van der Waals surface area (Å²) in [6.45, 7) is 9.37. The molecule has 2 heteroatoms. The van der Waals surface area contributed by atoms with Crippen LogP contribution in [0.15, 0.2) is 182 Å². The van der Waals surface area contributed by atoms with Gasteiger partial charge in [0.2, 0.25) is 0 Å². The average molecular weight is 767 g/mol. The fraction of sp³-hybridized carbons (Fsp3) is 0.103. The Balaban J connectivity index is 1.12. The van der Waals surface area contributed by atoms with Crippen molar-refractivity contribution in [3.8, 4) is 67.0 Å². The largest absolute Gasteiger partial charge is 0.247 e. The lowest BCUT2D eigenvalue weighted by molar-refractivity contribution is 0.660. The molecule has 0 spiro atoms. The Labute approximate surface area is 350 Å². The molecule has 0 saturated carbocycles. The number of hydrogen-bond donors (Lipinski definition) is 0. The predicted octanol–water partition coefficient (Wildman–Crippen LogP) is 15.2. The number of pyridine rings is 2. The molecule has 2 nitrogen and oxygen atoms in total. The smallest absolute Gasteiger partial charge is 0.0795 e. The van der Waals surface area contributed by atoms with E-state index in [1.807, 2.05) is 0 Å². The van der Waals surface area contributed by atoms with Crippen molar-refractivity contribution in [3.05, 3.63) is 204 Å². The standard InChI is InChI=1S/C58H42N2/c1-57(2)49-21-13-11-19-39(49)41-25-23-37(31-51(41)57)53-29-27-43-45(35-15-7-5-8-16-35)34-48-47(55(43)59-53)33-46(36-17-9-6-10-18-36)44-28-30-54(60-56(44)48)38-24-26-42-40-20-12-14-22-50(40)58(3,4)52(42)32-38/h5-34H,1-4H3. The van der Waals surface area contributed by atoms with E-state index in [9.17, 15) is 0 Å². The van der Waals surface area contributed by atoms with E-state index in [1.165, 1.54) is 44.5 Å². The van der Waals surface area contributed by atoms with Crippen molar-refractivity contribution >= 4 is 32.6 Å². The molecule has 0 radical (unpaired) electrons. The van der Waals surface area contributed by atoms with Gasteiger partial charge in [-0.2, -0.15) is 0 Å². The van der Waals surface area contributed by atoms with Crippen LogP contribution in [0.1, 0.15) is 49.9 Å². The van der Waals surface area contributed by atoms with Gasteiger partial charge in [-0.25, -0.2) is 9.97 Å². The first-order valence-electron chi connectivity index (χ1n) is 21.1. The first kappa shape index (κ1) is 34.8. The minimum absolute atomic E-state index is 0.0998. The van der Waals surface area contributed by atoms with Crippen molar-refractivity contribution < 1.29 is 0 Å². The fourth-order valence-electron chi connectivity index (χ4n) is 10.5. The molecule has 0 saturated heterocycles. The highest BCUT2D eigenvalue weighted by atomic mass is 14.7. The molecule has 2 aliphatic carbocycles. The van der Waals surface area contributed by atoms with Crippen LogP contribution < -0.4 is 0 Å². The molecule has 0 fully saturated rings. The van der Waals surface area contributed by atoms with E-state index in [0.29, 0.717) is 0 Å². The van der Waals surface area contributed by atoms with Gasteiger partial charge in [0.1, 0.15) is 0 Å². The van der Waals surface area contributed by atoms with E-state index in [1.54, 1.807) is 0 Å². The number of rotatable bonds is 4. The van der Waals surface area contributed by atoms with Gasteiger partial charge in [-0.15, -0.1) is 0 Å². The highest BCUT2D eigenvalue weighted by Crippen LogP contribution is 2.51. The Morgan fingerprint density at radius 3 is 1.10 bits per heavy atom. The maximum Gasteiger partial charge on any atom is 0.0795 e. The zero-order chi connectivity index (χ0) is 40.3. The van der Waals surface area contributed by atoms with E-state index in [2.05, 4.69) is 210 Å². The van der Waals surface area contributed by atoms with E-state index < -0.39 is 0 Å². The van der Waals surface area contributed by atoms with Crippen molar-refractivity contribution in [1.29, 1.82) is 0 Å². The minimum Gasteiger partial charge on any atom is -0.247 e. The molecular formula is C58H42N2. The van der Waals surface area contributed by atoms with Crippen LogP contribution in [0.25, 0.3) is 99.6 Å². The maximum absolute atomic E-state index is 5.65. The van der Waals surface area contributed by atoms with Crippen LogP contribution in [0.5, 0.6) is 0 Å². The molecule has 2 heterocycles. The topological polar surface area (TPSA) is 25.8 Å². The third-order valence-electron chi connectivity index (χ3n) is 13.7. The van der Waals surface area contributed by atoms with Crippen molar-refractivity contribution in [1.82, 2.24) is 9.97 Å². The summed E-state index contributed by atoms with van der Waals surface area (Å²) in [4.78, 5) is 11.3. The summed E-state index contributed by atoms with van der Waals surface area (Å²) in [7, 11) is 0. The van der Waals surface area contributed by atoms with Crippen molar-refractivity contribution in [3.63, 3.8) is 0 Å². The van der Waals surface area contributed by atoms with Gasteiger partial charge < -0.3 is 0 Å². The summed E-state index contributed by atoms with van der Waals surface area (Å²) < 4.78 is 0. The van der Waals surface area contributed by atoms with Crippen LogP contribution >= 0.6 is 0 Å². The lowest BCUT2D eigenvalue weighted by Crippen LogP contribution is -2.14. The maximum atomic E-state index is 5.65. The number of fused-ring (bicyclic) bond motifs is 11. The van der Waals surface area contributed by atoms with Crippen molar-refractivity contribution in [2.24, 2.45) is 0 Å². The number of benzene rings is 8. The molecule has 8 aromatic carbocycles. The van der Waals surface area contributed by atoms with Crippen LogP contribution in [0, 0.1) is 0 Å². The molecule has 12 rings (SSSR count). The lowest BCUT2D eigenvalue weighted by atomic mass is 9.82. The summed E-state index contributed by atoms with van der Waals surface area (Å²) in [6, 6.07) is 66.7. The number of aromatic nitrogens is 2. The van der Waals surface area contributed by atoms with E-state index in [4.69, 9.17) is 9.97 Å². The van der Waals surface area contributed by atoms with E-state index in [-0.39, 0.29) is 10.8 Å². The number of nitrogens with zero attached hydrogens (tertiary/aromatic N) is 2. The molecule has 0 bridgehead atoms. The summed E-state index contributed by atoms with van der Waals surface area (Å²) in [5.41, 5.74) is 21.3. The van der Waals surface area contributed by atoms with Gasteiger partial charge in [-0.1, -0.05) is 161 Å². The Bertz CT molecular complexity index is 3180. The molecule has 10 aromatic rings. The third-order valence-corrected chi connectivity index (χ3v) is 13.7. The average Bonchev–Trinajstić information content (AvgIpc) is 3.67. The molecule has 2 aliphatic rings. The molecule has 2 aromatic heterocycles. The monoisotopic (exact) mass is 766 g/mol. The van der Waals surface area contributed by atoms with Crippen LogP contribution in [0.4, 0.5) is 0 Å². The van der Waals surface area contributed by atoms with Gasteiger partial charge in [0.05, 0.1) is 22.4 Å². The summed E-state index contributed by atoms with van der Waals surface area (Å²) >= 11 is 0. The second-order valence-electron chi connectivity index (χ2n) is 17.7. The molecule has 0 amide bonds. The first-order chi connectivity index (χ1) is 29.3. The highest BCUT2D eigenvalue weighted by molar-refractivity contribution is 6.22. The fourth-order valence-corrected chi connectivity index (χ4v) is 10.5. The first-order valence-corrected chi connectivity index (χ1v) is 21.1. The van der Waals surface area contributed by atoms with Crippen LogP contribution in [-0.2, 0) is 10.8 Å². The van der Waals surface area contributed by atoms with E-state index in [0.717, 1.165) is 77.3 Å². The summed E-state index contributed by atoms with van der Waals surface area (Å²) in [5.74, 6) is 0. The lowest BCUT2D eigenvalue weighted by Gasteiger charge is -2.22. The second kappa shape index (κ2) is 12.7. The second-order valence-corrected chi connectivity index (χ2v) is 17.7. The van der Waals surface area contributed by atoms with Gasteiger partial charge in [0.15, 0.2) is 0 Å². The molecule has 284 valence electrons. The molecule has 0 atom stereocenters. The van der Waals surface area contributed by atoms with E-state index >= 15 is 0 Å². The van der Waals surface area contributed by atoms with Gasteiger partial charge in [0, 0.05) is 43.5 Å². The Morgan fingerprint density at radius 2 is 0.667 bits per heavy atom. The Morgan fingerprint density at radius 1 is 0.283 bits per heavy atom. The molecule has 0 aliphatic heterocycles. The van der Waals surface area contributed by atoms with Gasteiger partial charge >= 0.3 is 0 Å².